The van der Waals surface area contributed by atoms with Crippen LogP contribution in [0, 0.1) is 11.7 Å². The zero-order valence-electron chi connectivity index (χ0n) is 32.3. The van der Waals surface area contributed by atoms with E-state index in [-0.39, 0.29) is 47.0 Å². The van der Waals surface area contributed by atoms with Crippen LogP contribution in [0.4, 0.5) is 4.39 Å². The minimum Gasteiger partial charge on any atom is -0.375 e. The van der Waals surface area contributed by atoms with E-state index in [4.69, 9.17) is 4.74 Å². The molecule has 3 aliphatic heterocycles. The molecule has 4 amide bonds. The zero-order valence-corrected chi connectivity index (χ0v) is 32.3. The molecule has 13 nitrogen and oxygen atoms in total. The molecule has 1 aliphatic carbocycles. The van der Waals surface area contributed by atoms with Crippen LogP contribution in [0.5, 0.6) is 0 Å². The van der Waals surface area contributed by atoms with Crippen LogP contribution in [0.1, 0.15) is 86.3 Å². The van der Waals surface area contributed by atoms with Crippen molar-refractivity contribution >= 4 is 34.4 Å². The second-order valence-electron chi connectivity index (χ2n) is 15.9. The summed E-state index contributed by atoms with van der Waals surface area (Å²) in [5.41, 5.74) is 1.02. The molecular weight excluding hydrogens is 718 g/mol. The Labute approximate surface area is 326 Å². The highest BCUT2D eigenvalue weighted by atomic mass is 19.1. The predicted molar refractivity (Wildman–Crippen MR) is 208 cm³/mol. The summed E-state index contributed by atoms with van der Waals surface area (Å²) in [5.74, 6) is -0.895. The Hall–Kier alpha value is -4.69. The van der Waals surface area contributed by atoms with Gasteiger partial charge in [0.05, 0.1) is 35.4 Å². The average molecular weight is 772 g/mol. The van der Waals surface area contributed by atoms with Gasteiger partial charge in [-0.15, -0.1) is 0 Å². The van der Waals surface area contributed by atoms with Crippen molar-refractivity contribution in [1.82, 2.24) is 35.1 Å². The van der Waals surface area contributed by atoms with E-state index in [1.165, 1.54) is 19.4 Å². The summed E-state index contributed by atoms with van der Waals surface area (Å²) in [7, 11) is 0. The molecule has 1 aromatic heterocycles. The quantitative estimate of drug-likeness (QED) is 0.319. The number of hydrogen-bond donors (Lipinski definition) is 2. The third kappa shape index (κ3) is 9.46. The number of halogens is 1. The number of amides is 4. The molecule has 300 valence electrons. The summed E-state index contributed by atoms with van der Waals surface area (Å²) in [6, 6.07) is 11.2. The lowest BCUT2D eigenvalue weighted by molar-refractivity contribution is -0.142. The Balaban J connectivity index is 0.829. The van der Waals surface area contributed by atoms with E-state index in [1.54, 1.807) is 34.1 Å². The van der Waals surface area contributed by atoms with Crippen LogP contribution in [-0.4, -0.2) is 131 Å². The number of piperidine rings is 2. The van der Waals surface area contributed by atoms with Gasteiger partial charge in [-0.2, -0.15) is 5.10 Å². The number of piperazine rings is 1. The van der Waals surface area contributed by atoms with E-state index in [2.05, 4.69) is 20.4 Å². The first kappa shape index (κ1) is 39.5. The molecule has 3 saturated heterocycles. The topological polar surface area (TPSA) is 148 Å². The first-order chi connectivity index (χ1) is 27.1. The number of carbonyl (C=O) groups is 4. The molecular formula is C42H54FN7O6. The van der Waals surface area contributed by atoms with E-state index in [0.717, 1.165) is 64.5 Å². The molecule has 56 heavy (non-hydrogen) atoms. The molecule has 2 N–H and O–H groups in total. The normalized spacial score (nSPS) is 19.9. The highest BCUT2D eigenvalue weighted by Crippen LogP contribution is 2.29. The number of benzene rings is 2. The van der Waals surface area contributed by atoms with Crippen molar-refractivity contribution < 1.29 is 28.3 Å². The number of ether oxygens (including phenoxy) is 1. The van der Waals surface area contributed by atoms with E-state index in [1.807, 2.05) is 17.0 Å². The van der Waals surface area contributed by atoms with Gasteiger partial charge in [-0.25, -0.2) is 9.49 Å². The second kappa shape index (κ2) is 18.1. The van der Waals surface area contributed by atoms with E-state index in [0.29, 0.717) is 74.3 Å². The molecule has 4 fully saturated rings. The van der Waals surface area contributed by atoms with Crippen LogP contribution in [0.3, 0.4) is 0 Å². The van der Waals surface area contributed by atoms with Crippen molar-refractivity contribution in [3.05, 3.63) is 75.5 Å². The summed E-state index contributed by atoms with van der Waals surface area (Å²) in [6.07, 6.45) is 9.11. The van der Waals surface area contributed by atoms with Crippen molar-refractivity contribution in [2.75, 3.05) is 58.9 Å². The number of nitrogens with one attached hydrogen (secondary N) is 2. The molecule has 2 aromatic carbocycles. The summed E-state index contributed by atoms with van der Waals surface area (Å²) in [5, 5.41) is 10.9. The SMILES string of the molecule is CC(=O)N[C@@H](C(=O)N1CCC(OC2CCN(CC(=O)N3CCN(C(=O)c4cc(Cc5n[nH]c(=O)c6ccccc56)ccc4F)CC3)CC2)CC1)C1CCCCC1. The first-order valence-electron chi connectivity index (χ1n) is 20.4. The number of carbonyl (C=O) groups excluding carboxylic acids is 4. The van der Waals surface area contributed by atoms with Crippen LogP contribution in [0.2, 0.25) is 0 Å². The summed E-state index contributed by atoms with van der Waals surface area (Å²) < 4.78 is 21.5. The first-order valence-corrected chi connectivity index (χ1v) is 20.4. The van der Waals surface area contributed by atoms with Crippen molar-refractivity contribution in [3.63, 3.8) is 0 Å². The van der Waals surface area contributed by atoms with E-state index < -0.39 is 17.8 Å². The number of nitrogens with zero attached hydrogens (tertiary/aromatic N) is 5. The van der Waals surface area contributed by atoms with Gasteiger partial charge >= 0.3 is 0 Å². The van der Waals surface area contributed by atoms with Gasteiger partial charge in [0.25, 0.3) is 11.5 Å². The predicted octanol–water partition coefficient (Wildman–Crippen LogP) is 3.49. The van der Waals surface area contributed by atoms with E-state index >= 15 is 0 Å². The van der Waals surface area contributed by atoms with Crippen LogP contribution in [0.25, 0.3) is 10.8 Å². The number of hydrogen-bond acceptors (Lipinski definition) is 8. The van der Waals surface area contributed by atoms with E-state index in [9.17, 15) is 28.4 Å². The third-order valence-electron chi connectivity index (χ3n) is 12.1. The fourth-order valence-electron chi connectivity index (χ4n) is 8.92. The minimum atomic E-state index is -0.605. The van der Waals surface area contributed by atoms with Gasteiger partial charge in [-0.3, -0.25) is 28.9 Å². The standard InChI is InChI=1S/C42H54FN7O6/c1-28(51)44-39(30-7-3-2-4-8-30)42(55)49-19-15-32(16-20-49)56-31-13-17-47(18-14-31)27-38(52)48-21-23-50(24-22-48)41(54)35-25-29(11-12-36(35)43)26-37-33-9-5-6-10-34(33)40(53)46-45-37/h5-6,9-12,25,30-32,39H,2-4,7-8,13-24,26-27H2,1H3,(H,44,51)(H,46,53)/t39-/m1/s1. The highest BCUT2D eigenvalue weighted by Gasteiger charge is 2.36. The largest absolute Gasteiger partial charge is 0.375 e. The molecule has 0 bridgehead atoms. The van der Waals surface area contributed by atoms with Gasteiger partial charge in [0.2, 0.25) is 17.7 Å². The number of H-pyrrole nitrogens is 1. The zero-order chi connectivity index (χ0) is 39.2. The van der Waals surface area contributed by atoms with Crippen molar-refractivity contribution in [2.45, 2.75) is 89.4 Å². The molecule has 14 heteroatoms. The van der Waals surface area contributed by atoms with Crippen LogP contribution >= 0.6 is 0 Å². The molecule has 0 unspecified atom stereocenters. The van der Waals surface area contributed by atoms with Crippen molar-refractivity contribution in [1.29, 1.82) is 0 Å². The highest BCUT2D eigenvalue weighted by molar-refractivity contribution is 5.95. The van der Waals surface area contributed by atoms with Crippen LogP contribution in [-0.2, 0) is 25.5 Å². The molecule has 4 aliphatic rings. The third-order valence-corrected chi connectivity index (χ3v) is 12.1. The lowest BCUT2D eigenvalue weighted by Crippen LogP contribution is -2.54. The fourth-order valence-corrected chi connectivity index (χ4v) is 8.92. The minimum absolute atomic E-state index is 0.0214. The van der Waals surface area contributed by atoms with Crippen molar-refractivity contribution in [2.24, 2.45) is 5.92 Å². The molecule has 7 rings (SSSR count). The summed E-state index contributed by atoms with van der Waals surface area (Å²) in [4.78, 5) is 71.9. The monoisotopic (exact) mass is 771 g/mol. The molecule has 1 saturated carbocycles. The number of fused-ring (bicyclic) bond motifs is 1. The maximum atomic E-state index is 15.0. The molecule has 0 radical (unpaired) electrons. The van der Waals surface area contributed by atoms with Gasteiger partial charge < -0.3 is 24.8 Å². The Kier molecular flexibility index (Phi) is 12.7. The number of aromatic amines is 1. The Morgan fingerprint density at radius 3 is 2.14 bits per heavy atom. The summed E-state index contributed by atoms with van der Waals surface area (Å²) in [6.45, 7) is 5.96. The van der Waals surface area contributed by atoms with Crippen molar-refractivity contribution in [3.8, 4) is 0 Å². The van der Waals surface area contributed by atoms with Gasteiger partial charge in [0.15, 0.2) is 0 Å². The second-order valence-corrected chi connectivity index (χ2v) is 15.9. The smallest absolute Gasteiger partial charge is 0.272 e. The van der Waals surface area contributed by atoms with Gasteiger partial charge in [0.1, 0.15) is 11.9 Å². The maximum absolute atomic E-state index is 15.0. The fraction of sp³-hybridized carbons (Fsp3) is 0.571. The van der Waals surface area contributed by atoms with Crippen LogP contribution < -0.4 is 10.9 Å². The maximum Gasteiger partial charge on any atom is 0.272 e. The van der Waals surface area contributed by atoms with Gasteiger partial charge in [-0.05, 0) is 68.2 Å². The molecule has 1 atom stereocenters. The van der Waals surface area contributed by atoms with Crippen LogP contribution in [0.15, 0.2) is 47.3 Å². The Morgan fingerprint density at radius 2 is 1.46 bits per heavy atom. The Bertz CT molecular complexity index is 1940. The number of rotatable bonds is 10. The lowest BCUT2D eigenvalue weighted by Gasteiger charge is -2.39. The Morgan fingerprint density at radius 1 is 0.821 bits per heavy atom. The van der Waals surface area contributed by atoms with Gasteiger partial charge in [0, 0.05) is 71.1 Å². The summed E-state index contributed by atoms with van der Waals surface area (Å²) >= 11 is 0. The molecule has 3 aromatic rings. The lowest BCUT2D eigenvalue weighted by atomic mass is 9.83. The number of likely N-dealkylation sites (tertiary alicyclic amines) is 2. The average Bonchev–Trinajstić information content (AvgIpc) is 3.22. The molecule has 4 heterocycles. The van der Waals surface area contributed by atoms with Gasteiger partial charge in [-0.1, -0.05) is 43.5 Å². The number of aromatic nitrogens is 2. The molecule has 0 spiro atoms.